The second-order valence-corrected chi connectivity index (χ2v) is 12.0. The third-order valence-corrected chi connectivity index (χ3v) is 8.79. The summed E-state index contributed by atoms with van der Waals surface area (Å²) in [5, 5.41) is 15.2. The maximum Gasteiger partial charge on any atom is 0.387 e. The van der Waals surface area contributed by atoms with E-state index in [-0.39, 0.29) is 53.3 Å². The monoisotopic (exact) mass is 628 g/mol. The maximum atomic E-state index is 13.4. The number of rotatable bonds is 12. The van der Waals surface area contributed by atoms with Crippen molar-refractivity contribution in [1.29, 1.82) is 0 Å². The molecule has 0 radical (unpaired) electrons. The van der Waals surface area contributed by atoms with Crippen molar-refractivity contribution in [3.05, 3.63) is 54.6 Å². The number of piperidine rings is 1. The highest BCUT2D eigenvalue weighted by Gasteiger charge is 2.27. The standard InChI is InChI=1S/C29H31F3N8O3S/c30-8-10-33-18-6-12-38(13-7-18)25(41)17-39-16-23(36-28(42)22-15-35-40-11-1-9-34-27(22)40)26(37-39)21-14-20(44-19-2-3-19)4-5-24(21)43-29(31)32/h1,4-5,9,11,14-16,18-19,29,33H,2-3,6-8,10,12-13,17H2,(H,36,42). The Bertz CT molecular complexity index is 1640. The number of nitrogens with zero attached hydrogens (tertiary/aromatic N) is 6. The molecule has 1 aliphatic heterocycles. The van der Waals surface area contributed by atoms with E-state index < -0.39 is 19.2 Å². The first-order valence-electron chi connectivity index (χ1n) is 14.4. The number of alkyl halides is 3. The number of ether oxygens (including phenoxy) is 1. The van der Waals surface area contributed by atoms with Gasteiger partial charge in [-0.3, -0.25) is 14.3 Å². The van der Waals surface area contributed by atoms with Crippen molar-refractivity contribution in [1.82, 2.24) is 34.6 Å². The Morgan fingerprint density at radius 1 is 1.16 bits per heavy atom. The highest BCUT2D eigenvalue weighted by molar-refractivity contribution is 8.00. The number of hydrogen-bond acceptors (Lipinski definition) is 8. The van der Waals surface area contributed by atoms with E-state index in [1.54, 1.807) is 47.3 Å². The van der Waals surface area contributed by atoms with Crippen LogP contribution < -0.4 is 15.4 Å². The lowest BCUT2D eigenvalue weighted by atomic mass is 10.1. The zero-order chi connectivity index (χ0) is 30.6. The van der Waals surface area contributed by atoms with Crippen molar-refractivity contribution in [2.24, 2.45) is 0 Å². The summed E-state index contributed by atoms with van der Waals surface area (Å²) in [4.78, 5) is 33.5. The van der Waals surface area contributed by atoms with E-state index in [9.17, 15) is 22.8 Å². The number of benzene rings is 1. The molecular weight excluding hydrogens is 597 g/mol. The van der Waals surface area contributed by atoms with Crippen LogP contribution in [0.2, 0.25) is 0 Å². The van der Waals surface area contributed by atoms with E-state index in [1.165, 1.54) is 27.7 Å². The average Bonchev–Trinajstić information content (AvgIpc) is 3.59. The van der Waals surface area contributed by atoms with Gasteiger partial charge in [-0.15, -0.1) is 11.8 Å². The van der Waals surface area contributed by atoms with Crippen molar-refractivity contribution in [2.45, 2.75) is 55.0 Å². The highest BCUT2D eigenvalue weighted by atomic mass is 32.2. The molecule has 0 unspecified atom stereocenters. The van der Waals surface area contributed by atoms with Crippen LogP contribution in [0.4, 0.5) is 18.9 Å². The maximum absolute atomic E-state index is 13.4. The molecule has 0 atom stereocenters. The molecule has 0 spiro atoms. The first-order valence-corrected chi connectivity index (χ1v) is 15.3. The van der Waals surface area contributed by atoms with Gasteiger partial charge < -0.3 is 20.3 Å². The second kappa shape index (κ2) is 13.3. The normalized spacial score (nSPS) is 15.7. The first kappa shape index (κ1) is 29.9. The van der Waals surface area contributed by atoms with Gasteiger partial charge >= 0.3 is 6.61 Å². The molecule has 2 fully saturated rings. The van der Waals surface area contributed by atoms with Crippen LogP contribution in [-0.4, -0.2) is 85.3 Å². The molecule has 1 saturated carbocycles. The molecule has 6 rings (SSSR count). The van der Waals surface area contributed by atoms with E-state index in [0.29, 0.717) is 36.8 Å². The Balaban J connectivity index is 1.30. The fourth-order valence-corrected chi connectivity index (χ4v) is 6.23. The Morgan fingerprint density at radius 2 is 1.98 bits per heavy atom. The third-order valence-electron chi connectivity index (χ3n) is 7.46. The van der Waals surface area contributed by atoms with Gasteiger partial charge in [0, 0.05) is 60.0 Å². The Kier molecular flexibility index (Phi) is 9.02. The predicted octanol–water partition coefficient (Wildman–Crippen LogP) is 4.25. The Morgan fingerprint density at radius 3 is 2.73 bits per heavy atom. The van der Waals surface area contributed by atoms with E-state index in [0.717, 1.165) is 17.7 Å². The van der Waals surface area contributed by atoms with Gasteiger partial charge in [-0.1, -0.05) is 0 Å². The number of nitrogens with one attached hydrogen (secondary N) is 2. The van der Waals surface area contributed by atoms with Gasteiger partial charge in [0.25, 0.3) is 5.91 Å². The zero-order valence-electron chi connectivity index (χ0n) is 23.7. The zero-order valence-corrected chi connectivity index (χ0v) is 24.5. The molecular formula is C29H31F3N8O3S. The highest BCUT2D eigenvalue weighted by Crippen LogP contribution is 2.43. The van der Waals surface area contributed by atoms with Crippen molar-refractivity contribution in [3.63, 3.8) is 0 Å². The van der Waals surface area contributed by atoms with Gasteiger partial charge in [0.2, 0.25) is 5.91 Å². The van der Waals surface area contributed by atoms with Crippen LogP contribution in [0.15, 0.2) is 53.9 Å². The molecule has 4 heterocycles. The van der Waals surface area contributed by atoms with E-state index >= 15 is 0 Å². The number of halogens is 3. The smallest absolute Gasteiger partial charge is 0.387 e. The summed E-state index contributed by atoms with van der Waals surface area (Å²) >= 11 is 1.64. The molecule has 11 nitrogen and oxygen atoms in total. The number of likely N-dealkylation sites (tertiary alicyclic amines) is 1. The number of carbonyl (C=O) groups is 2. The lowest BCUT2D eigenvalue weighted by molar-refractivity contribution is -0.133. The Labute approximate surface area is 255 Å². The van der Waals surface area contributed by atoms with Gasteiger partial charge in [0.1, 0.15) is 30.2 Å². The fraction of sp³-hybridized carbons (Fsp3) is 0.414. The third kappa shape index (κ3) is 6.99. The van der Waals surface area contributed by atoms with Crippen molar-refractivity contribution in [3.8, 4) is 17.0 Å². The van der Waals surface area contributed by atoms with Crippen LogP contribution in [0, 0.1) is 0 Å². The number of anilines is 1. The molecule has 4 aromatic rings. The number of aromatic nitrogens is 5. The molecule has 1 aliphatic carbocycles. The summed E-state index contributed by atoms with van der Waals surface area (Å²) in [6, 6.07) is 6.74. The number of thioether (sulfide) groups is 1. The number of fused-ring (bicyclic) bond motifs is 1. The van der Waals surface area contributed by atoms with Crippen LogP contribution >= 0.6 is 11.8 Å². The van der Waals surface area contributed by atoms with Gasteiger partial charge in [-0.05, 0) is 49.9 Å². The number of carbonyl (C=O) groups excluding carboxylic acids is 2. The summed E-state index contributed by atoms with van der Waals surface area (Å²) in [6.45, 7) is -2.36. The number of amides is 2. The summed E-state index contributed by atoms with van der Waals surface area (Å²) in [5.41, 5.74) is 1.18. The minimum absolute atomic E-state index is 0.104. The second-order valence-electron chi connectivity index (χ2n) is 10.6. The van der Waals surface area contributed by atoms with Gasteiger partial charge in [-0.25, -0.2) is 13.9 Å². The lowest BCUT2D eigenvalue weighted by Gasteiger charge is -2.32. The quantitative estimate of drug-likeness (QED) is 0.239. The Hall–Kier alpha value is -4.11. The molecule has 2 aliphatic rings. The van der Waals surface area contributed by atoms with E-state index in [2.05, 4.69) is 25.8 Å². The molecule has 44 heavy (non-hydrogen) atoms. The van der Waals surface area contributed by atoms with Crippen molar-refractivity contribution in [2.75, 3.05) is 31.6 Å². The molecule has 0 bridgehead atoms. The minimum atomic E-state index is -3.08. The summed E-state index contributed by atoms with van der Waals surface area (Å²) < 4.78 is 47.1. The molecule has 15 heteroatoms. The average molecular weight is 629 g/mol. The van der Waals surface area contributed by atoms with E-state index in [1.807, 2.05) is 0 Å². The summed E-state index contributed by atoms with van der Waals surface area (Å²) in [7, 11) is 0. The summed E-state index contributed by atoms with van der Waals surface area (Å²) in [6.07, 6.45) is 9.64. The molecule has 3 aromatic heterocycles. The first-order chi connectivity index (χ1) is 21.4. The van der Waals surface area contributed by atoms with Crippen LogP contribution in [-0.2, 0) is 11.3 Å². The predicted molar refractivity (Wildman–Crippen MR) is 158 cm³/mol. The van der Waals surface area contributed by atoms with Crippen molar-refractivity contribution < 1.29 is 27.5 Å². The topological polar surface area (TPSA) is 119 Å². The largest absolute Gasteiger partial charge is 0.434 e. The molecule has 232 valence electrons. The summed E-state index contributed by atoms with van der Waals surface area (Å²) in [5.74, 6) is -0.823. The van der Waals surface area contributed by atoms with Crippen LogP contribution in [0.25, 0.3) is 16.9 Å². The molecule has 2 N–H and O–H groups in total. The van der Waals surface area contributed by atoms with Gasteiger partial charge in [-0.2, -0.15) is 19.0 Å². The van der Waals surface area contributed by atoms with Crippen LogP contribution in [0.3, 0.4) is 0 Å². The van der Waals surface area contributed by atoms with Crippen LogP contribution in [0.1, 0.15) is 36.0 Å². The molecule has 2 amide bonds. The van der Waals surface area contributed by atoms with Crippen molar-refractivity contribution >= 4 is 34.9 Å². The van der Waals surface area contributed by atoms with Crippen LogP contribution in [0.5, 0.6) is 5.75 Å². The number of hydrogen-bond donors (Lipinski definition) is 2. The van der Waals surface area contributed by atoms with E-state index in [4.69, 9.17) is 4.74 Å². The fourth-order valence-electron chi connectivity index (χ4n) is 5.14. The molecule has 1 aromatic carbocycles. The lowest BCUT2D eigenvalue weighted by Crippen LogP contribution is -2.46. The molecule has 1 saturated heterocycles. The SMILES string of the molecule is O=C(Nc1cn(CC(=O)N2CCC(NCCF)CC2)nc1-c1cc(SC2CC2)ccc1OC(F)F)c1cnn2cccnc12. The van der Waals surface area contributed by atoms with Gasteiger partial charge in [0.05, 0.1) is 11.9 Å². The minimum Gasteiger partial charge on any atom is -0.434 e. The van der Waals surface area contributed by atoms with Gasteiger partial charge in [0.15, 0.2) is 5.65 Å².